The van der Waals surface area contributed by atoms with Crippen LogP contribution in [0, 0.1) is 12.7 Å². The van der Waals surface area contributed by atoms with Crippen LogP contribution in [0.4, 0.5) is 14.9 Å². The summed E-state index contributed by atoms with van der Waals surface area (Å²) in [5.74, 6) is -0.459. The van der Waals surface area contributed by atoms with Gasteiger partial charge in [0.15, 0.2) is 0 Å². The third-order valence-electron chi connectivity index (χ3n) is 2.90. The van der Waals surface area contributed by atoms with Gasteiger partial charge in [-0.2, -0.15) is 0 Å². The Kier molecular flexibility index (Phi) is 3.50. The molecule has 0 bridgehead atoms. The van der Waals surface area contributed by atoms with Crippen molar-refractivity contribution in [2.75, 3.05) is 5.23 Å². The molecule has 2 radical (unpaired) electrons. The van der Waals surface area contributed by atoms with Crippen molar-refractivity contribution in [3.05, 3.63) is 29.7 Å². The van der Waals surface area contributed by atoms with E-state index in [2.05, 4.69) is 5.23 Å². The smallest absolute Gasteiger partial charge is 0.419 e. The number of rotatable bonds is 1. The van der Waals surface area contributed by atoms with Gasteiger partial charge in [0, 0.05) is 11.6 Å². The molecule has 104 valence electrons. The average molecular weight is 274 g/mol. The Bertz CT molecular complexity index is 674. The van der Waals surface area contributed by atoms with Gasteiger partial charge in [-0.1, -0.05) is 0 Å². The van der Waals surface area contributed by atoms with Gasteiger partial charge in [-0.15, -0.1) is 0 Å². The summed E-state index contributed by atoms with van der Waals surface area (Å²) in [7, 11) is 5.32. The van der Waals surface area contributed by atoms with Crippen LogP contribution in [0.15, 0.2) is 18.3 Å². The third kappa shape index (κ3) is 2.50. The molecule has 0 spiro atoms. The van der Waals surface area contributed by atoms with Crippen molar-refractivity contribution in [3.63, 3.8) is 0 Å². The van der Waals surface area contributed by atoms with Gasteiger partial charge in [-0.05, 0) is 45.4 Å². The molecule has 0 atom stereocenters. The molecular weight excluding hydrogens is 258 g/mol. The lowest BCUT2D eigenvalue weighted by atomic mass is 10.1. The standard InChI is InChI=1S/C14H16BFN2O2/c1-8-11(17-15)10(16)7-9-5-6-18(12(8)9)13(19)20-14(2,3)4/h5-7,17H,1-4H3. The fourth-order valence-electron chi connectivity index (χ4n) is 2.11. The number of hydrogen-bond donors (Lipinski definition) is 1. The molecule has 2 aromatic rings. The number of hydrogen-bond acceptors (Lipinski definition) is 3. The lowest BCUT2D eigenvalue weighted by molar-refractivity contribution is 0.0544. The second-order valence-electron chi connectivity index (χ2n) is 5.61. The molecule has 1 aromatic heterocycles. The minimum absolute atomic E-state index is 0.168. The van der Waals surface area contributed by atoms with Crippen LogP contribution in [0.3, 0.4) is 0 Å². The summed E-state index contributed by atoms with van der Waals surface area (Å²) in [6.07, 6.45) is 1.05. The van der Waals surface area contributed by atoms with Gasteiger partial charge in [-0.25, -0.2) is 9.18 Å². The predicted molar refractivity (Wildman–Crippen MR) is 77.6 cm³/mol. The van der Waals surface area contributed by atoms with Crippen LogP contribution in [0.25, 0.3) is 10.9 Å². The quantitative estimate of drug-likeness (QED) is 0.811. The van der Waals surface area contributed by atoms with Crippen molar-refractivity contribution >= 4 is 30.7 Å². The molecule has 20 heavy (non-hydrogen) atoms. The lowest BCUT2D eigenvalue weighted by Crippen LogP contribution is -2.26. The van der Waals surface area contributed by atoms with Crippen molar-refractivity contribution in [1.82, 2.24) is 4.57 Å². The van der Waals surface area contributed by atoms with Crippen LogP contribution in [0.5, 0.6) is 0 Å². The first-order valence-electron chi connectivity index (χ1n) is 6.24. The minimum atomic E-state index is -0.601. The Morgan fingerprint density at radius 1 is 1.45 bits per heavy atom. The van der Waals surface area contributed by atoms with Crippen molar-refractivity contribution < 1.29 is 13.9 Å². The van der Waals surface area contributed by atoms with E-state index < -0.39 is 17.5 Å². The first-order valence-corrected chi connectivity index (χ1v) is 6.24. The summed E-state index contributed by atoms with van der Waals surface area (Å²) in [4.78, 5) is 12.2. The van der Waals surface area contributed by atoms with Crippen molar-refractivity contribution in [3.8, 4) is 0 Å². The fourth-order valence-corrected chi connectivity index (χ4v) is 2.11. The van der Waals surface area contributed by atoms with Crippen LogP contribution in [-0.2, 0) is 4.74 Å². The molecule has 4 nitrogen and oxygen atoms in total. The van der Waals surface area contributed by atoms with E-state index in [0.29, 0.717) is 16.5 Å². The van der Waals surface area contributed by atoms with Gasteiger partial charge in [-0.3, -0.25) is 4.57 Å². The largest absolute Gasteiger partial charge is 0.443 e. The number of nitrogens with one attached hydrogen (secondary N) is 1. The zero-order chi connectivity index (χ0) is 15.1. The summed E-state index contributed by atoms with van der Waals surface area (Å²) < 4.78 is 20.5. The van der Waals surface area contributed by atoms with E-state index in [1.54, 1.807) is 40.0 Å². The monoisotopic (exact) mass is 274 g/mol. The van der Waals surface area contributed by atoms with Crippen molar-refractivity contribution in [2.24, 2.45) is 0 Å². The Labute approximate surface area is 118 Å². The zero-order valence-electron chi connectivity index (χ0n) is 12.0. The molecule has 0 aliphatic heterocycles. The van der Waals surface area contributed by atoms with E-state index in [0.717, 1.165) is 0 Å². The molecule has 0 aliphatic rings. The molecule has 1 heterocycles. The number of anilines is 1. The molecule has 0 unspecified atom stereocenters. The second-order valence-corrected chi connectivity index (χ2v) is 5.61. The first kappa shape index (κ1) is 14.4. The topological polar surface area (TPSA) is 43.3 Å². The lowest BCUT2D eigenvalue weighted by Gasteiger charge is -2.20. The van der Waals surface area contributed by atoms with Crippen molar-refractivity contribution in [2.45, 2.75) is 33.3 Å². The zero-order valence-corrected chi connectivity index (χ0v) is 12.0. The van der Waals surface area contributed by atoms with Gasteiger partial charge in [0.1, 0.15) is 11.4 Å². The first-order chi connectivity index (χ1) is 9.24. The maximum Gasteiger partial charge on any atom is 0.419 e. The van der Waals surface area contributed by atoms with Crippen LogP contribution >= 0.6 is 0 Å². The molecule has 0 aliphatic carbocycles. The molecule has 6 heteroatoms. The van der Waals surface area contributed by atoms with E-state index in [1.807, 2.05) is 0 Å². The second kappa shape index (κ2) is 4.85. The number of ether oxygens (including phenoxy) is 1. The SMILES string of the molecule is [B]Nc1c(F)cc2ccn(C(=O)OC(C)(C)C)c2c1C. The maximum atomic E-state index is 13.8. The normalized spacial score (nSPS) is 11.7. The molecular formula is C14H16BFN2O2. The van der Waals surface area contributed by atoms with Crippen LogP contribution < -0.4 is 5.23 Å². The number of carbonyl (C=O) groups is 1. The Balaban J connectivity index is 2.59. The number of aryl methyl sites for hydroxylation is 1. The van der Waals surface area contributed by atoms with Crippen LogP contribution in [0.1, 0.15) is 26.3 Å². The summed E-state index contributed by atoms with van der Waals surface area (Å²) in [5.41, 5.74) is 0.698. The van der Waals surface area contributed by atoms with Gasteiger partial charge in [0.05, 0.1) is 11.2 Å². The van der Waals surface area contributed by atoms with Crippen LogP contribution in [-0.4, -0.2) is 24.2 Å². The number of halogens is 1. The highest BCUT2D eigenvalue weighted by molar-refractivity contribution is 6.17. The highest BCUT2D eigenvalue weighted by atomic mass is 19.1. The Hall–Kier alpha value is -1.98. The van der Waals surface area contributed by atoms with Crippen molar-refractivity contribution in [1.29, 1.82) is 0 Å². The summed E-state index contributed by atoms with van der Waals surface area (Å²) >= 11 is 0. The number of nitrogens with zero attached hydrogens (tertiary/aromatic N) is 1. The molecule has 1 aromatic carbocycles. The number of aromatic nitrogens is 1. The van der Waals surface area contributed by atoms with E-state index >= 15 is 0 Å². The van der Waals surface area contributed by atoms with E-state index in [1.165, 1.54) is 10.6 Å². The minimum Gasteiger partial charge on any atom is -0.443 e. The number of carbonyl (C=O) groups excluding carboxylic acids is 1. The third-order valence-corrected chi connectivity index (χ3v) is 2.90. The molecule has 0 saturated heterocycles. The maximum absolute atomic E-state index is 13.8. The molecule has 2 rings (SSSR count). The van der Waals surface area contributed by atoms with E-state index in [-0.39, 0.29) is 5.69 Å². The highest BCUT2D eigenvalue weighted by Crippen LogP contribution is 2.29. The Morgan fingerprint density at radius 3 is 2.65 bits per heavy atom. The number of benzene rings is 1. The molecule has 1 N–H and O–H groups in total. The molecule has 0 amide bonds. The van der Waals surface area contributed by atoms with Crippen LogP contribution in [0.2, 0.25) is 0 Å². The van der Waals surface area contributed by atoms with E-state index in [4.69, 9.17) is 12.7 Å². The van der Waals surface area contributed by atoms with Gasteiger partial charge < -0.3 is 9.96 Å². The van der Waals surface area contributed by atoms with Gasteiger partial charge >= 0.3 is 6.09 Å². The van der Waals surface area contributed by atoms with Gasteiger partial charge in [0.25, 0.3) is 0 Å². The molecule has 0 saturated carbocycles. The fraction of sp³-hybridized carbons (Fsp3) is 0.357. The summed E-state index contributed by atoms with van der Waals surface area (Å²) in [5, 5.41) is 2.94. The summed E-state index contributed by atoms with van der Waals surface area (Å²) in [6.45, 7) is 7.06. The summed E-state index contributed by atoms with van der Waals surface area (Å²) in [6, 6.07) is 2.99. The highest BCUT2D eigenvalue weighted by Gasteiger charge is 2.21. The Morgan fingerprint density at radius 2 is 2.10 bits per heavy atom. The predicted octanol–water partition coefficient (Wildman–Crippen LogP) is 3.37. The number of fused-ring (bicyclic) bond motifs is 1. The van der Waals surface area contributed by atoms with E-state index in [9.17, 15) is 9.18 Å². The van der Waals surface area contributed by atoms with Gasteiger partial charge in [0.2, 0.25) is 7.98 Å². The molecule has 0 fully saturated rings. The average Bonchev–Trinajstić information content (AvgIpc) is 2.71.